The first-order chi connectivity index (χ1) is 11.2. The lowest BCUT2D eigenvalue weighted by Crippen LogP contribution is -2.09. The minimum atomic E-state index is -0.223. The van der Waals surface area contributed by atoms with Crippen LogP contribution in [0.5, 0.6) is 0 Å². The summed E-state index contributed by atoms with van der Waals surface area (Å²) < 4.78 is 20.8. The quantitative estimate of drug-likeness (QED) is 0.935. The molecule has 0 saturated carbocycles. The lowest BCUT2D eigenvalue weighted by atomic mass is 10.1. The van der Waals surface area contributed by atoms with Gasteiger partial charge in [-0.05, 0) is 37.9 Å². The summed E-state index contributed by atoms with van der Waals surface area (Å²) in [6.45, 7) is 11.3. The number of benzene rings is 1. The Morgan fingerprint density at radius 3 is 2.61 bits per heavy atom. The van der Waals surface area contributed by atoms with E-state index in [1.165, 1.54) is 12.1 Å². The number of rotatable bonds is 3. The summed E-state index contributed by atoms with van der Waals surface area (Å²) in [5, 5.41) is 0. The second-order valence-electron chi connectivity index (χ2n) is 5.25. The van der Waals surface area contributed by atoms with Gasteiger partial charge in [-0.1, -0.05) is 20.8 Å². The number of imidazole rings is 1. The highest BCUT2D eigenvalue weighted by atomic mass is 19.1. The average molecular weight is 323 g/mol. The van der Waals surface area contributed by atoms with Crippen LogP contribution in [-0.2, 0) is 17.7 Å². The summed E-state index contributed by atoms with van der Waals surface area (Å²) >= 11 is 0. The number of aryl methyl sites for hydroxylation is 1. The predicted octanol–water partition coefficient (Wildman–Crippen LogP) is 3.77. The van der Waals surface area contributed by atoms with Gasteiger partial charge in [0.15, 0.2) is 0 Å². The molecule has 1 aliphatic rings. The maximum atomic E-state index is 13.2. The predicted molar refractivity (Wildman–Crippen MR) is 94.1 cm³/mol. The minimum Gasteiger partial charge on any atom is -0.381 e. The van der Waals surface area contributed by atoms with Crippen molar-refractivity contribution in [1.82, 2.24) is 9.55 Å². The van der Waals surface area contributed by atoms with Crippen molar-refractivity contribution in [3.05, 3.63) is 29.8 Å². The third-order valence-corrected chi connectivity index (χ3v) is 3.60. The van der Waals surface area contributed by atoms with Gasteiger partial charge < -0.3 is 15.0 Å². The highest BCUT2D eigenvalue weighted by Gasteiger charge is 2.19. The Morgan fingerprint density at radius 2 is 2.04 bits per heavy atom. The molecule has 0 bridgehead atoms. The smallest absolute Gasteiger partial charge is 0.125 e. The van der Waals surface area contributed by atoms with E-state index in [2.05, 4.69) is 16.5 Å². The van der Waals surface area contributed by atoms with E-state index in [4.69, 9.17) is 10.5 Å². The standard InChI is InChI=1S/C14H17FN2O.C2H7N.C2H6/c1-2-17-13-4-3-11(15)8-12(13)16-14(17)7-10-5-6-18-9-10;1-2-3;1-2/h3-4,8,10H,2,5-7,9H2,1H3;2-3H2,1H3;1-2H3/t10-;;/m1../s1. The second kappa shape index (κ2) is 10.3. The molecule has 2 heterocycles. The molecule has 1 aromatic carbocycles. The average Bonchev–Trinajstić information content (AvgIpc) is 3.17. The number of nitrogens with zero attached hydrogens (tertiary/aromatic N) is 2. The topological polar surface area (TPSA) is 53.1 Å². The van der Waals surface area contributed by atoms with Crippen molar-refractivity contribution in [3.63, 3.8) is 0 Å². The Balaban J connectivity index is 0.000000477. The molecule has 5 heteroatoms. The maximum absolute atomic E-state index is 13.2. The first kappa shape index (κ1) is 19.6. The van der Waals surface area contributed by atoms with Gasteiger partial charge in [-0.25, -0.2) is 9.37 Å². The van der Waals surface area contributed by atoms with Crippen molar-refractivity contribution in [3.8, 4) is 0 Å². The van der Waals surface area contributed by atoms with E-state index < -0.39 is 0 Å². The molecule has 0 spiro atoms. The number of hydrogen-bond acceptors (Lipinski definition) is 3. The van der Waals surface area contributed by atoms with Gasteiger partial charge in [0.1, 0.15) is 11.6 Å². The first-order valence-electron chi connectivity index (χ1n) is 8.62. The number of halogens is 1. The van der Waals surface area contributed by atoms with E-state index in [-0.39, 0.29) is 5.82 Å². The molecule has 0 aliphatic carbocycles. The molecule has 1 aliphatic heterocycles. The van der Waals surface area contributed by atoms with Gasteiger partial charge >= 0.3 is 0 Å². The Hall–Kier alpha value is -1.46. The summed E-state index contributed by atoms with van der Waals surface area (Å²) in [6.07, 6.45) is 2.02. The van der Waals surface area contributed by atoms with E-state index in [0.717, 1.165) is 56.0 Å². The monoisotopic (exact) mass is 323 g/mol. The number of aromatic nitrogens is 2. The third kappa shape index (κ3) is 5.29. The number of nitrogens with two attached hydrogens (primary N) is 1. The molecule has 2 N–H and O–H groups in total. The molecule has 0 unspecified atom stereocenters. The van der Waals surface area contributed by atoms with Crippen LogP contribution in [0, 0.1) is 11.7 Å². The zero-order valence-electron chi connectivity index (χ0n) is 14.8. The fourth-order valence-corrected chi connectivity index (χ4v) is 2.66. The van der Waals surface area contributed by atoms with E-state index in [0.29, 0.717) is 5.92 Å². The molecule has 0 radical (unpaired) electrons. The minimum absolute atomic E-state index is 0.223. The SMILES string of the molecule is CC.CCN.CCn1c(C[C@H]2CCOC2)nc2cc(F)ccc21. The molecular weight excluding hydrogens is 293 g/mol. The third-order valence-electron chi connectivity index (χ3n) is 3.60. The molecule has 1 saturated heterocycles. The zero-order chi connectivity index (χ0) is 17.2. The van der Waals surface area contributed by atoms with Gasteiger partial charge in [0, 0.05) is 32.2 Å². The molecule has 23 heavy (non-hydrogen) atoms. The largest absolute Gasteiger partial charge is 0.381 e. The normalized spacial score (nSPS) is 16.5. The summed E-state index contributed by atoms with van der Waals surface area (Å²) in [5.74, 6) is 1.38. The van der Waals surface area contributed by atoms with Gasteiger partial charge in [-0.15, -0.1) is 0 Å². The number of fused-ring (bicyclic) bond motifs is 1. The lowest BCUT2D eigenvalue weighted by molar-refractivity contribution is 0.185. The van der Waals surface area contributed by atoms with Crippen LogP contribution in [0.15, 0.2) is 18.2 Å². The summed E-state index contributed by atoms with van der Waals surface area (Å²) in [5.41, 5.74) is 6.62. The van der Waals surface area contributed by atoms with Crippen molar-refractivity contribution < 1.29 is 9.13 Å². The number of hydrogen-bond donors (Lipinski definition) is 1. The van der Waals surface area contributed by atoms with Crippen LogP contribution in [0.25, 0.3) is 11.0 Å². The highest BCUT2D eigenvalue weighted by Crippen LogP contribution is 2.22. The summed E-state index contributed by atoms with van der Waals surface area (Å²) in [7, 11) is 0. The van der Waals surface area contributed by atoms with Crippen LogP contribution in [0.4, 0.5) is 4.39 Å². The van der Waals surface area contributed by atoms with Crippen molar-refractivity contribution in [1.29, 1.82) is 0 Å². The Bertz CT molecular complexity index is 577. The van der Waals surface area contributed by atoms with Crippen LogP contribution < -0.4 is 5.73 Å². The highest BCUT2D eigenvalue weighted by molar-refractivity contribution is 5.76. The van der Waals surface area contributed by atoms with Crippen LogP contribution in [-0.4, -0.2) is 29.3 Å². The fraction of sp³-hybridized carbons (Fsp3) is 0.611. The number of ether oxygens (including phenoxy) is 1. The van der Waals surface area contributed by atoms with E-state index in [9.17, 15) is 4.39 Å². The van der Waals surface area contributed by atoms with Crippen molar-refractivity contribution in [2.75, 3.05) is 19.8 Å². The van der Waals surface area contributed by atoms with Crippen LogP contribution in [0.1, 0.15) is 39.9 Å². The Kier molecular flexibility index (Phi) is 8.81. The zero-order valence-corrected chi connectivity index (χ0v) is 14.8. The maximum Gasteiger partial charge on any atom is 0.125 e. The molecule has 4 nitrogen and oxygen atoms in total. The lowest BCUT2D eigenvalue weighted by Gasteiger charge is -2.09. The molecule has 3 rings (SSSR count). The van der Waals surface area contributed by atoms with Gasteiger partial charge in [0.2, 0.25) is 0 Å². The van der Waals surface area contributed by atoms with Crippen molar-refractivity contribution in [2.24, 2.45) is 11.7 Å². The van der Waals surface area contributed by atoms with Crippen LogP contribution >= 0.6 is 0 Å². The molecular formula is C18H30FN3O. The summed E-state index contributed by atoms with van der Waals surface area (Å²) in [6, 6.07) is 4.82. The fourth-order valence-electron chi connectivity index (χ4n) is 2.66. The van der Waals surface area contributed by atoms with Crippen molar-refractivity contribution in [2.45, 2.75) is 47.1 Å². The van der Waals surface area contributed by atoms with Crippen LogP contribution in [0.2, 0.25) is 0 Å². The van der Waals surface area contributed by atoms with E-state index >= 15 is 0 Å². The molecule has 2 aromatic rings. The molecule has 1 fully saturated rings. The Morgan fingerprint density at radius 1 is 1.35 bits per heavy atom. The van der Waals surface area contributed by atoms with E-state index in [1.54, 1.807) is 0 Å². The second-order valence-corrected chi connectivity index (χ2v) is 5.25. The van der Waals surface area contributed by atoms with Gasteiger partial charge in [-0.3, -0.25) is 0 Å². The van der Waals surface area contributed by atoms with Gasteiger partial charge in [-0.2, -0.15) is 0 Å². The van der Waals surface area contributed by atoms with Gasteiger partial charge in [0.05, 0.1) is 11.0 Å². The first-order valence-corrected chi connectivity index (χ1v) is 8.62. The Labute approximate surface area is 138 Å². The molecule has 1 aromatic heterocycles. The van der Waals surface area contributed by atoms with Crippen LogP contribution in [0.3, 0.4) is 0 Å². The molecule has 130 valence electrons. The molecule has 1 atom stereocenters. The summed E-state index contributed by atoms with van der Waals surface area (Å²) in [4.78, 5) is 4.58. The van der Waals surface area contributed by atoms with E-state index in [1.807, 2.05) is 26.8 Å². The van der Waals surface area contributed by atoms with Gasteiger partial charge in [0.25, 0.3) is 0 Å². The van der Waals surface area contributed by atoms with Crippen molar-refractivity contribution >= 4 is 11.0 Å². The molecule has 0 amide bonds.